The molecule has 5 heteroatoms. The van der Waals surface area contributed by atoms with Gasteiger partial charge in [0.25, 0.3) is 0 Å². The first-order valence-electron chi connectivity index (χ1n) is 7.17. The van der Waals surface area contributed by atoms with Crippen molar-refractivity contribution in [2.75, 3.05) is 6.54 Å². The molecular formula is C14H26N2O3. The van der Waals surface area contributed by atoms with E-state index in [1.54, 1.807) is 13.8 Å². The second-order valence-corrected chi connectivity index (χ2v) is 5.91. The summed E-state index contributed by atoms with van der Waals surface area (Å²) in [5, 5.41) is 14.4. The molecule has 0 aliphatic heterocycles. The van der Waals surface area contributed by atoms with Gasteiger partial charge in [0.15, 0.2) is 0 Å². The summed E-state index contributed by atoms with van der Waals surface area (Å²) in [5.41, 5.74) is 0. The van der Waals surface area contributed by atoms with E-state index in [1.807, 2.05) is 0 Å². The summed E-state index contributed by atoms with van der Waals surface area (Å²) in [6.45, 7) is 6.24. The molecule has 0 radical (unpaired) electrons. The van der Waals surface area contributed by atoms with Crippen molar-refractivity contribution in [3.8, 4) is 0 Å². The van der Waals surface area contributed by atoms with Crippen molar-refractivity contribution in [2.24, 2.45) is 17.8 Å². The first kappa shape index (κ1) is 15.8. The van der Waals surface area contributed by atoms with Crippen molar-refractivity contribution in [2.45, 2.75) is 52.5 Å². The lowest BCUT2D eigenvalue weighted by atomic mass is 9.82. The number of amides is 2. The molecule has 1 saturated carbocycles. The summed E-state index contributed by atoms with van der Waals surface area (Å²) in [5.74, 6) is -0.175. The Labute approximate surface area is 115 Å². The third-order valence-electron chi connectivity index (χ3n) is 4.09. The van der Waals surface area contributed by atoms with Gasteiger partial charge in [0.1, 0.15) is 0 Å². The van der Waals surface area contributed by atoms with Crippen LogP contribution in [0.5, 0.6) is 0 Å². The molecule has 0 saturated heterocycles. The first-order chi connectivity index (χ1) is 8.90. The van der Waals surface area contributed by atoms with E-state index < -0.39 is 11.9 Å². The number of aliphatic carboxylic acids is 1. The lowest BCUT2D eigenvalue weighted by molar-refractivity contribution is -0.141. The average Bonchev–Trinajstić information content (AvgIpc) is 2.35. The van der Waals surface area contributed by atoms with Gasteiger partial charge in [-0.1, -0.05) is 19.8 Å². The van der Waals surface area contributed by atoms with E-state index in [0.29, 0.717) is 12.5 Å². The molecule has 4 atom stereocenters. The van der Waals surface area contributed by atoms with Gasteiger partial charge in [0, 0.05) is 12.6 Å². The Bertz CT molecular complexity index is 320. The van der Waals surface area contributed by atoms with Crippen LogP contribution in [0.15, 0.2) is 0 Å². The lowest BCUT2D eigenvalue weighted by Gasteiger charge is -2.27. The van der Waals surface area contributed by atoms with E-state index in [2.05, 4.69) is 17.6 Å². The third kappa shape index (κ3) is 5.49. The van der Waals surface area contributed by atoms with Crippen molar-refractivity contribution in [3.63, 3.8) is 0 Å². The highest BCUT2D eigenvalue weighted by Gasteiger charge is 2.22. The minimum absolute atomic E-state index is 0.265. The van der Waals surface area contributed by atoms with Gasteiger partial charge < -0.3 is 15.7 Å². The maximum Gasteiger partial charge on any atom is 0.315 e. The standard InChI is InChI=1S/C14H26N2O3/c1-9-5-4-6-12(7-9)8-15-14(19)16-11(3)10(2)13(17)18/h9-12H,4-8H2,1-3H3,(H,17,18)(H2,15,16,19). The fourth-order valence-corrected chi connectivity index (χ4v) is 2.58. The zero-order valence-electron chi connectivity index (χ0n) is 12.1. The molecule has 0 aromatic heterocycles. The lowest BCUT2D eigenvalue weighted by Crippen LogP contribution is -2.46. The number of nitrogens with one attached hydrogen (secondary N) is 2. The largest absolute Gasteiger partial charge is 0.481 e. The Morgan fingerprint density at radius 1 is 1.32 bits per heavy atom. The zero-order chi connectivity index (χ0) is 14.4. The van der Waals surface area contributed by atoms with Crippen molar-refractivity contribution in [1.82, 2.24) is 10.6 Å². The predicted molar refractivity (Wildman–Crippen MR) is 73.9 cm³/mol. The predicted octanol–water partition coefficient (Wildman–Crippen LogP) is 2.22. The van der Waals surface area contributed by atoms with E-state index >= 15 is 0 Å². The van der Waals surface area contributed by atoms with Gasteiger partial charge in [-0.05, 0) is 38.5 Å². The molecule has 1 rings (SSSR count). The minimum atomic E-state index is -0.895. The van der Waals surface area contributed by atoms with Gasteiger partial charge >= 0.3 is 12.0 Å². The van der Waals surface area contributed by atoms with Gasteiger partial charge in [-0.3, -0.25) is 4.79 Å². The van der Waals surface area contributed by atoms with Crippen LogP contribution in [0.4, 0.5) is 4.79 Å². The topological polar surface area (TPSA) is 78.4 Å². The van der Waals surface area contributed by atoms with Gasteiger partial charge in [-0.15, -0.1) is 0 Å². The Balaban J connectivity index is 2.25. The molecule has 0 aromatic carbocycles. The SMILES string of the molecule is CC1CCCC(CNC(=O)NC(C)C(C)C(=O)O)C1. The molecule has 3 N–H and O–H groups in total. The van der Waals surface area contributed by atoms with Crippen molar-refractivity contribution in [1.29, 1.82) is 0 Å². The van der Waals surface area contributed by atoms with Gasteiger partial charge in [-0.2, -0.15) is 0 Å². The monoisotopic (exact) mass is 270 g/mol. The van der Waals surface area contributed by atoms with E-state index in [-0.39, 0.29) is 12.1 Å². The molecular weight excluding hydrogens is 244 g/mol. The summed E-state index contributed by atoms with van der Waals surface area (Å²) in [6.07, 6.45) is 4.87. The zero-order valence-corrected chi connectivity index (χ0v) is 12.1. The molecule has 0 spiro atoms. The van der Waals surface area contributed by atoms with Gasteiger partial charge in [-0.25, -0.2) is 4.79 Å². The normalized spacial score (nSPS) is 26.3. The Kier molecular flexibility index (Phi) is 6.12. The summed E-state index contributed by atoms with van der Waals surface area (Å²) >= 11 is 0. The molecule has 0 heterocycles. The average molecular weight is 270 g/mol. The molecule has 1 aliphatic carbocycles. The fourth-order valence-electron chi connectivity index (χ4n) is 2.58. The van der Waals surface area contributed by atoms with E-state index in [1.165, 1.54) is 25.7 Å². The Morgan fingerprint density at radius 3 is 2.58 bits per heavy atom. The fraction of sp³-hybridized carbons (Fsp3) is 0.857. The summed E-state index contributed by atoms with van der Waals surface area (Å²) in [4.78, 5) is 22.5. The molecule has 19 heavy (non-hydrogen) atoms. The van der Waals surface area contributed by atoms with Crippen LogP contribution in [0.25, 0.3) is 0 Å². The maximum absolute atomic E-state index is 11.7. The quantitative estimate of drug-likeness (QED) is 0.716. The van der Waals surface area contributed by atoms with Crippen LogP contribution in [0.2, 0.25) is 0 Å². The van der Waals surface area contributed by atoms with E-state index in [0.717, 1.165) is 5.92 Å². The van der Waals surface area contributed by atoms with Crippen molar-refractivity contribution < 1.29 is 14.7 Å². The number of rotatable bonds is 5. The van der Waals surface area contributed by atoms with Crippen LogP contribution in [0.1, 0.15) is 46.5 Å². The van der Waals surface area contributed by atoms with Crippen LogP contribution < -0.4 is 10.6 Å². The number of carbonyl (C=O) groups is 2. The highest BCUT2D eigenvalue weighted by atomic mass is 16.4. The number of carboxylic acid groups (broad SMARTS) is 1. The summed E-state index contributed by atoms with van der Waals surface area (Å²) in [6, 6.07) is -0.637. The van der Waals surface area contributed by atoms with E-state index in [9.17, 15) is 9.59 Å². The number of hydrogen-bond donors (Lipinski definition) is 3. The highest BCUT2D eigenvalue weighted by molar-refractivity contribution is 5.76. The molecule has 4 unspecified atom stereocenters. The van der Waals surface area contributed by atoms with Crippen LogP contribution in [-0.4, -0.2) is 29.7 Å². The number of carboxylic acids is 1. The van der Waals surface area contributed by atoms with Crippen molar-refractivity contribution in [3.05, 3.63) is 0 Å². The van der Waals surface area contributed by atoms with Crippen LogP contribution >= 0.6 is 0 Å². The summed E-state index contributed by atoms with van der Waals surface area (Å²) < 4.78 is 0. The number of urea groups is 1. The Morgan fingerprint density at radius 2 is 2.00 bits per heavy atom. The van der Waals surface area contributed by atoms with Crippen LogP contribution in [0, 0.1) is 17.8 Å². The maximum atomic E-state index is 11.7. The van der Waals surface area contributed by atoms with Crippen LogP contribution in [-0.2, 0) is 4.79 Å². The molecule has 5 nitrogen and oxygen atoms in total. The number of carbonyl (C=O) groups excluding carboxylic acids is 1. The molecule has 1 fully saturated rings. The Hall–Kier alpha value is -1.26. The number of hydrogen-bond acceptors (Lipinski definition) is 2. The molecule has 2 amide bonds. The highest BCUT2D eigenvalue weighted by Crippen LogP contribution is 2.27. The smallest absolute Gasteiger partial charge is 0.315 e. The second-order valence-electron chi connectivity index (χ2n) is 5.91. The molecule has 0 bridgehead atoms. The first-order valence-corrected chi connectivity index (χ1v) is 7.17. The van der Waals surface area contributed by atoms with E-state index in [4.69, 9.17) is 5.11 Å². The summed E-state index contributed by atoms with van der Waals surface area (Å²) in [7, 11) is 0. The van der Waals surface area contributed by atoms with Gasteiger partial charge in [0.2, 0.25) is 0 Å². The molecule has 110 valence electrons. The van der Waals surface area contributed by atoms with Crippen LogP contribution in [0.3, 0.4) is 0 Å². The third-order valence-corrected chi connectivity index (χ3v) is 4.09. The second kappa shape index (κ2) is 7.36. The van der Waals surface area contributed by atoms with Gasteiger partial charge in [0.05, 0.1) is 5.92 Å². The molecule has 0 aromatic rings. The van der Waals surface area contributed by atoms with Crippen molar-refractivity contribution >= 4 is 12.0 Å². The minimum Gasteiger partial charge on any atom is -0.481 e. The molecule has 1 aliphatic rings.